The molecule has 0 aliphatic heterocycles. The van der Waals surface area contributed by atoms with Gasteiger partial charge in [0.1, 0.15) is 0 Å². The Morgan fingerprint density at radius 3 is 1.81 bits per heavy atom. The van der Waals surface area contributed by atoms with Gasteiger partial charge in [-0.25, -0.2) is 0 Å². The van der Waals surface area contributed by atoms with Crippen molar-refractivity contribution in [3.8, 4) is 0 Å². The fraction of sp³-hybridized carbons (Fsp3) is 0.283. The molecule has 1 aliphatic rings. The Morgan fingerprint density at radius 2 is 1.22 bits per heavy atom. The lowest BCUT2D eigenvalue weighted by Crippen LogP contribution is -2.39. The largest absolute Gasteiger partial charge is 0.337 e. The average molecular weight is 710 g/mol. The summed E-state index contributed by atoms with van der Waals surface area (Å²) in [5.41, 5.74) is 16.6. The summed E-state index contributed by atoms with van der Waals surface area (Å²) in [5, 5.41) is 5.07. The van der Waals surface area contributed by atoms with Gasteiger partial charge in [0, 0.05) is 23.2 Å². The first kappa shape index (κ1) is 38.6. The molecule has 4 atom stereocenters. The van der Waals surface area contributed by atoms with Crippen molar-refractivity contribution in [3.63, 3.8) is 0 Å². The third-order valence-corrected chi connectivity index (χ3v) is 12.5. The summed E-state index contributed by atoms with van der Waals surface area (Å²) >= 11 is 0. The molecule has 0 radical (unpaired) electrons. The normalized spacial score (nSPS) is 17.3. The van der Waals surface area contributed by atoms with E-state index < -0.39 is 0 Å². The maximum absolute atomic E-state index is 4.33. The molecule has 1 heteroatoms. The number of rotatable bonds is 13. The Kier molecular flexibility index (Phi) is 11.8. The summed E-state index contributed by atoms with van der Waals surface area (Å²) in [6.07, 6.45) is 13.7. The van der Waals surface area contributed by atoms with Crippen LogP contribution in [-0.2, 0) is 0 Å². The van der Waals surface area contributed by atoms with Crippen LogP contribution in [0.5, 0.6) is 0 Å². The van der Waals surface area contributed by atoms with E-state index in [1.807, 2.05) is 12.2 Å². The highest BCUT2D eigenvalue weighted by molar-refractivity contribution is 5.88. The molecule has 0 spiro atoms. The van der Waals surface area contributed by atoms with Crippen molar-refractivity contribution in [2.45, 2.75) is 86.6 Å². The molecule has 0 heterocycles. The molecule has 0 saturated carbocycles. The molecule has 0 bridgehead atoms. The van der Waals surface area contributed by atoms with Crippen molar-refractivity contribution in [3.05, 3.63) is 191 Å². The molecule has 1 aliphatic carbocycles. The molecule has 0 fully saturated rings. The lowest BCUT2D eigenvalue weighted by Gasteiger charge is -2.44. The Bertz CT molecular complexity index is 2290. The third-order valence-electron chi connectivity index (χ3n) is 12.5. The minimum atomic E-state index is 0.0939. The van der Waals surface area contributed by atoms with E-state index in [-0.39, 0.29) is 17.9 Å². The van der Waals surface area contributed by atoms with Crippen LogP contribution in [0.2, 0.25) is 0 Å². The predicted octanol–water partition coefficient (Wildman–Crippen LogP) is 14.9. The van der Waals surface area contributed by atoms with Gasteiger partial charge < -0.3 is 4.90 Å². The van der Waals surface area contributed by atoms with Crippen molar-refractivity contribution >= 4 is 32.8 Å². The van der Waals surface area contributed by atoms with Crippen LogP contribution < -0.4 is 4.90 Å². The summed E-state index contributed by atoms with van der Waals surface area (Å²) in [5.74, 6) is 0.741. The molecular formula is C53H59N. The smallest absolute Gasteiger partial charge is 0.0551 e. The first-order valence-electron chi connectivity index (χ1n) is 19.8. The highest BCUT2D eigenvalue weighted by atomic mass is 15.2. The van der Waals surface area contributed by atoms with E-state index in [2.05, 4.69) is 183 Å². The van der Waals surface area contributed by atoms with Crippen molar-refractivity contribution in [1.29, 1.82) is 0 Å². The SMILES string of the molecule is C=CCCC=CC(c1ccc2ccccc2c1)c1c(C)c(C)c(C2=C(C)C(C)=C(N(c3ccc4ccccc4c3)C(C=C)CC=C)C(C)C2C)c(C)c1C. The standard InChI is InChI=1S/C53H59N/c1-12-15-16-17-27-49(46-29-28-42-23-18-20-25-44(42)32-46)50-34(4)36(6)51(37(7)35(50)5)52-38(8)40(10)53(41(11)39(52)9)54(47(14-3)22-13-2)48-31-30-43-24-19-21-26-45(43)33-48/h12-14,17-21,23-33,38,40,47,49H,1-3,15-16,22H2,4-11H3. The second-order valence-corrected chi connectivity index (χ2v) is 15.5. The average Bonchev–Trinajstić information content (AvgIpc) is 3.19. The molecular weight excluding hydrogens is 651 g/mol. The first-order valence-corrected chi connectivity index (χ1v) is 19.8. The van der Waals surface area contributed by atoms with Crippen LogP contribution >= 0.6 is 0 Å². The molecule has 4 unspecified atom stereocenters. The Balaban J connectivity index is 1.53. The summed E-state index contributed by atoms with van der Waals surface area (Å²) in [6, 6.07) is 31.3. The van der Waals surface area contributed by atoms with Gasteiger partial charge in [-0.2, -0.15) is 0 Å². The number of benzene rings is 5. The van der Waals surface area contributed by atoms with Gasteiger partial charge in [0.15, 0.2) is 0 Å². The van der Waals surface area contributed by atoms with E-state index in [1.165, 1.54) is 88.6 Å². The number of hydrogen-bond donors (Lipinski definition) is 0. The summed E-state index contributed by atoms with van der Waals surface area (Å²) in [6.45, 7) is 31.5. The minimum Gasteiger partial charge on any atom is -0.337 e. The van der Waals surface area contributed by atoms with Gasteiger partial charge in [0.05, 0.1) is 6.04 Å². The van der Waals surface area contributed by atoms with Crippen LogP contribution in [0.4, 0.5) is 5.69 Å². The fourth-order valence-corrected chi connectivity index (χ4v) is 9.13. The Labute approximate surface area is 325 Å². The molecule has 6 rings (SSSR count). The number of allylic oxidation sites excluding steroid dienone is 7. The summed E-state index contributed by atoms with van der Waals surface area (Å²) in [7, 11) is 0. The van der Waals surface area contributed by atoms with E-state index >= 15 is 0 Å². The van der Waals surface area contributed by atoms with Crippen molar-refractivity contribution in [2.24, 2.45) is 11.8 Å². The third kappa shape index (κ3) is 7.09. The highest BCUT2D eigenvalue weighted by Crippen LogP contribution is 2.49. The van der Waals surface area contributed by atoms with E-state index in [9.17, 15) is 0 Å². The zero-order chi connectivity index (χ0) is 38.7. The molecule has 0 N–H and O–H groups in total. The van der Waals surface area contributed by atoms with Crippen molar-refractivity contribution in [2.75, 3.05) is 4.90 Å². The molecule has 0 saturated heterocycles. The van der Waals surface area contributed by atoms with E-state index in [0.29, 0.717) is 5.92 Å². The summed E-state index contributed by atoms with van der Waals surface area (Å²) in [4.78, 5) is 2.56. The second-order valence-electron chi connectivity index (χ2n) is 15.5. The quantitative estimate of drug-likeness (QED) is 0.0869. The van der Waals surface area contributed by atoms with Crippen LogP contribution in [0, 0.1) is 39.5 Å². The van der Waals surface area contributed by atoms with Crippen LogP contribution in [-0.4, -0.2) is 6.04 Å². The topological polar surface area (TPSA) is 3.24 Å². The van der Waals surface area contributed by atoms with Gasteiger partial charge in [-0.3, -0.25) is 0 Å². The molecule has 276 valence electrons. The van der Waals surface area contributed by atoms with Crippen LogP contribution in [0.3, 0.4) is 0 Å². The lowest BCUT2D eigenvalue weighted by molar-refractivity contribution is 0.500. The van der Waals surface area contributed by atoms with Gasteiger partial charge in [-0.1, -0.05) is 117 Å². The fourth-order valence-electron chi connectivity index (χ4n) is 9.13. The van der Waals surface area contributed by atoms with Gasteiger partial charge in [-0.05, 0) is 156 Å². The number of unbranched alkanes of at least 4 members (excludes halogenated alkanes) is 1. The zero-order valence-corrected chi connectivity index (χ0v) is 34.0. The summed E-state index contributed by atoms with van der Waals surface area (Å²) < 4.78 is 0. The lowest BCUT2D eigenvalue weighted by atomic mass is 9.69. The van der Waals surface area contributed by atoms with Gasteiger partial charge in [-0.15, -0.1) is 19.7 Å². The second kappa shape index (κ2) is 16.5. The Hall–Kier alpha value is -5.14. The molecule has 0 amide bonds. The van der Waals surface area contributed by atoms with Crippen LogP contribution in [0.15, 0.2) is 152 Å². The number of anilines is 1. The van der Waals surface area contributed by atoms with E-state index in [4.69, 9.17) is 0 Å². The molecule has 54 heavy (non-hydrogen) atoms. The predicted molar refractivity (Wildman–Crippen MR) is 239 cm³/mol. The molecule has 5 aromatic carbocycles. The van der Waals surface area contributed by atoms with Crippen LogP contribution in [0.25, 0.3) is 27.1 Å². The molecule has 5 aromatic rings. The molecule has 1 nitrogen and oxygen atoms in total. The van der Waals surface area contributed by atoms with E-state index in [0.717, 1.165) is 19.3 Å². The zero-order valence-electron chi connectivity index (χ0n) is 34.0. The van der Waals surface area contributed by atoms with Gasteiger partial charge >= 0.3 is 0 Å². The Morgan fingerprint density at radius 1 is 0.630 bits per heavy atom. The monoisotopic (exact) mass is 709 g/mol. The van der Waals surface area contributed by atoms with Gasteiger partial charge in [0.25, 0.3) is 0 Å². The van der Waals surface area contributed by atoms with Gasteiger partial charge in [0.2, 0.25) is 0 Å². The van der Waals surface area contributed by atoms with Crippen molar-refractivity contribution < 1.29 is 0 Å². The van der Waals surface area contributed by atoms with Crippen molar-refractivity contribution in [1.82, 2.24) is 0 Å². The number of hydrogen-bond acceptors (Lipinski definition) is 1. The maximum atomic E-state index is 4.33. The minimum absolute atomic E-state index is 0.0939. The first-order chi connectivity index (χ1) is 26.0. The molecule has 0 aromatic heterocycles. The number of nitrogens with zero attached hydrogens (tertiary/aromatic N) is 1. The van der Waals surface area contributed by atoms with Crippen LogP contribution in [0.1, 0.15) is 91.8 Å². The van der Waals surface area contributed by atoms with E-state index in [1.54, 1.807) is 0 Å². The highest BCUT2D eigenvalue weighted by Gasteiger charge is 2.37. The maximum Gasteiger partial charge on any atom is 0.0551 e. The number of fused-ring (bicyclic) bond motifs is 2.